The molecule has 1 heterocycles. The Labute approximate surface area is 211 Å². The second-order valence-corrected chi connectivity index (χ2v) is 8.16. The quantitative estimate of drug-likeness (QED) is 0.328. The lowest BCUT2D eigenvalue weighted by Crippen LogP contribution is -2.20. The van der Waals surface area contributed by atoms with E-state index in [4.69, 9.17) is 32.7 Å². The maximum Gasteiger partial charge on any atom is 0.417 e. The summed E-state index contributed by atoms with van der Waals surface area (Å²) in [5.41, 5.74) is -0.875. The van der Waals surface area contributed by atoms with E-state index in [0.717, 1.165) is 6.07 Å². The number of carbonyl (C=O) groups excluding carboxylic acids is 3. The molecule has 0 saturated heterocycles. The van der Waals surface area contributed by atoms with E-state index in [1.165, 1.54) is 43.5 Å². The molecular formula is C23H14Cl2F3N3O5. The number of nitrogens with one attached hydrogen (secondary N) is 3. The van der Waals surface area contributed by atoms with Crippen LogP contribution in [0, 0.1) is 0 Å². The third-order valence-corrected chi connectivity index (χ3v) is 5.60. The van der Waals surface area contributed by atoms with Gasteiger partial charge in [0.15, 0.2) is 0 Å². The number of amides is 4. The van der Waals surface area contributed by atoms with Gasteiger partial charge < -0.3 is 20.1 Å². The zero-order valence-electron chi connectivity index (χ0n) is 18.0. The highest BCUT2D eigenvalue weighted by atomic mass is 35.5. The highest BCUT2D eigenvalue weighted by molar-refractivity contribution is 6.34. The molecule has 4 amide bonds. The first kappa shape index (κ1) is 25.1. The van der Waals surface area contributed by atoms with E-state index < -0.39 is 34.6 Å². The van der Waals surface area contributed by atoms with Crippen LogP contribution in [-0.4, -0.2) is 25.0 Å². The van der Waals surface area contributed by atoms with Crippen molar-refractivity contribution in [2.45, 2.75) is 6.18 Å². The lowest BCUT2D eigenvalue weighted by molar-refractivity contribution is -0.137. The van der Waals surface area contributed by atoms with E-state index >= 15 is 0 Å². The zero-order valence-corrected chi connectivity index (χ0v) is 19.6. The highest BCUT2D eigenvalue weighted by Gasteiger charge is 2.34. The molecule has 0 bridgehead atoms. The summed E-state index contributed by atoms with van der Waals surface area (Å²) in [6.07, 6.45) is -4.74. The molecule has 3 aromatic carbocycles. The molecule has 1 aliphatic rings. The summed E-state index contributed by atoms with van der Waals surface area (Å²) in [7, 11) is 1.21. The fourth-order valence-electron chi connectivity index (χ4n) is 3.32. The first-order valence-electron chi connectivity index (χ1n) is 9.96. The molecule has 3 N–H and O–H groups in total. The summed E-state index contributed by atoms with van der Waals surface area (Å²) in [6, 6.07) is 9.29. The molecule has 0 aliphatic carbocycles. The summed E-state index contributed by atoms with van der Waals surface area (Å²) in [6.45, 7) is 0. The van der Waals surface area contributed by atoms with E-state index in [9.17, 15) is 27.6 Å². The standard InChI is InChI=1S/C23H14Cl2F3N3O5/c1-35-19-9-15(24)14(23(26,27)28)8-18(19)30-22(34)29-17-5-3-11(7-16(17)25)36-10-2-4-12-13(6-10)21(33)31-20(12)32/h2-9H,1H3,(H2,29,30,34)(H,31,32,33). The third kappa shape index (κ3) is 5.16. The number of hydrogen-bond acceptors (Lipinski definition) is 5. The van der Waals surface area contributed by atoms with E-state index in [1.807, 2.05) is 0 Å². The number of hydrogen-bond donors (Lipinski definition) is 3. The second kappa shape index (κ2) is 9.59. The molecule has 3 aromatic rings. The number of urea groups is 1. The van der Waals surface area contributed by atoms with E-state index in [2.05, 4.69) is 16.0 Å². The van der Waals surface area contributed by atoms with Crippen molar-refractivity contribution in [3.63, 3.8) is 0 Å². The van der Waals surface area contributed by atoms with Crippen LogP contribution in [0.15, 0.2) is 48.5 Å². The smallest absolute Gasteiger partial charge is 0.417 e. The molecule has 0 saturated carbocycles. The lowest BCUT2D eigenvalue weighted by atomic mass is 10.1. The normalized spacial score (nSPS) is 12.6. The van der Waals surface area contributed by atoms with Gasteiger partial charge in [0.05, 0.1) is 45.2 Å². The average molecular weight is 540 g/mol. The van der Waals surface area contributed by atoms with Gasteiger partial charge in [0.1, 0.15) is 17.2 Å². The van der Waals surface area contributed by atoms with Gasteiger partial charge in [0.2, 0.25) is 0 Å². The number of anilines is 2. The zero-order chi connectivity index (χ0) is 26.2. The Bertz CT molecular complexity index is 1410. The van der Waals surface area contributed by atoms with E-state index in [-0.39, 0.29) is 44.8 Å². The van der Waals surface area contributed by atoms with Gasteiger partial charge in [-0.05, 0) is 36.4 Å². The number of fused-ring (bicyclic) bond motifs is 1. The number of alkyl halides is 3. The topological polar surface area (TPSA) is 106 Å². The second-order valence-electron chi connectivity index (χ2n) is 7.34. The third-order valence-electron chi connectivity index (χ3n) is 4.97. The Morgan fingerprint density at radius 1 is 0.861 bits per heavy atom. The lowest BCUT2D eigenvalue weighted by Gasteiger charge is -2.16. The molecule has 0 atom stereocenters. The van der Waals surface area contributed by atoms with Gasteiger partial charge in [0.25, 0.3) is 11.8 Å². The molecule has 13 heteroatoms. The van der Waals surface area contributed by atoms with Crippen LogP contribution in [-0.2, 0) is 6.18 Å². The molecule has 8 nitrogen and oxygen atoms in total. The summed E-state index contributed by atoms with van der Waals surface area (Å²) in [4.78, 5) is 35.9. The summed E-state index contributed by atoms with van der Waals surface area (Å²) in [5, 5.41) is 6.34. The predicted octanol–water partition coefficient (Wildman–Crippen LogP) is 6.34. The maximum atomic E-state index is 13.2. The van der Waals surface area contributed by atoms with Gasteiger partial charge in [-0.3, -0.25) is 14.9 Å². The van der Waals surface area contributed by atoms with Gasteiger partial charge in [-0.2, -0.15) is 13.2 Å². The van der Waals surface area contributed by atoms with Crippen molar-refractivity contribution in [2.24, 2.45) is 0 Å². The number of halogens is 5. The van der Waals surface area contributed by atoms with Crippen molar-refractivity contribution in [3.05, 3.63) is 75.3 Å². The van der Waals surface area contributed by atoms with Gasteiger partial charge in [0, 0.05) is 12.1 Å². The number of ether oxygens (including phenoxy) is 2. The van der Waals surface area contributed by atoms with Crippen LogP contribution in [0.1, 0.15) is 26.3 Å². The first-order valence-corrected chi connectivity index (χ1v) is 10.7. The molecule has 186 valence electrons. The fourth-order valence-corrected chi connectivity index (χ4v) is 3.80. The number of benzene rings is 3. The van der Waals surface area contributed by atoms with Gasteiger partial charge >= 0.3 is 12.2 Å². The van der Waals surface area contributed by atoms with Crippen molar-refractivity contribution in [1.29, 1.82) is 0 Å². The van der Waals surface area contributed by atoms with Gasteiger partial charge in [-0.15, -0.1) is 0 Å². The molecule has 0 unspecified atom stereocenters. The summed E-state index contributed by atoms with van der Waals surface area (Å²) < 4.78 is 50.2. The molecule has 0 fully saturated rings. The maximum absolute atomic E-state index is 13.2. The van der Waals surface area contributed by atoms with Crippen LogP contribution in [0.3, 0.4) is 0 Å². The number of imide groups is 1. The van der Waals surface area contributed by atoms with Gasteiger partial charge in [-0.1, -0.05) is 23.2 Å². The molecule has 1 aliphatic heterocycles. The minimum atomic E-state index is -4.74. The molecule has 36 heavy (non-hydrogen) atoms. The molecule has 4 rings (SSSR count). The van der Waals surface area contributed by atoms with Crippen molar-refractivity contribution in [1.82, 2.24) is 5.32 Å². The van der Waals surface area contributed by atoms with E-state index in [1.54, 1.807) is 0 Å². The highest BCUT2D eigenvalue weighted by Crippen LogP contribution is 2.40. The van der Waals surface area contributed by atoms with Crippen molar-refractivity contribution in [3.8, 4) is 17.2 Å². The van der Waals surface area contributed by atoms with Crippen LogP contribution < -0.4 is 25.4 Å². The number of methoxy groups -OCH3 is 1. The summed E-state index contributed by atoms with van der Waals surface area (Å²) >= 11 is 11.9. The molecule has 0 radical (unpaired) electrons. The van der Waals surface area contributed by atoms with Crippen LogP contribution >= 0.6 is 23.2 Å². The Hall–Kier alpha value is -3.96. The van der Waals surface area contributed by atoms with E-state index in [0.29, 0.717) is 6.07 Å². The SMILES string of the molecule is COc1cc(Cl)c(C(F)(F)F)cc1NC(=O)Nc1ccc(Oc2ccc3c(c2)C(=O)NC3=O)cc1Cl. The van der Waals surface area contributed by atoms with Crippen molar-refractivity contribution >= 4 is 52.4 Å². The molecular weight excluding hydrogens is 526 g/mol. The van der Waals surface area contributed by atoms with Crippen molar-refractivity contribution in [2.75, 3.05) is 17.7 Å². The summed E-state index contributed by atoms with van der Waals surface area (Å²) in [5.74, 6) is -0.594. The Morgan fingerprint density at radius 3 is 2.17 bits per heavy atom. The number of carbonyl (C=O) groups is 3. The number of rotatable bonds is 5. The largest absolute Gasteiger partial charge is 0.495 e. The Morgan fingerprint density at radius 2 is 1.50 bits per heavy atom. The monoisotopic (exact) mass is 539 g/mol. The molecule has 0 aromatic heterocycles. The Balaban J connectivity index is 1.48. The van der Waals surface area contributed by atoms with Crippen LogP contribution in [0.5, 0.6) is 17.2 Å². The average Bonchev–Trinajstić information content (AvgIpc) is 3.08. The van der Waals surface area contributed by atoms with Crippen LogP contribution in [0.4, 0.5) is 29.3 Å². The van der Waals surface area contributed by atoms with Crippen LogP contribution in [0.25, 0.3) is 0 Å². The predicted molar refractivity (Wildman–Crippen MR) is 125 cm³/mol. The first-order chi connectivity index (χ1) is 17.0. The van der Waals surface area contributed by atoms with Crippen LogP contribution in [0.2, 0.25) is 10.0 Å². The Kier molecular flexibility index (Phi) is 6.70. The van der Waals surface area contributed by atoms with Crippen molar-refractivity contribution < 1.29 is 37.0 Å². The molecule has 0 spiro atoms. The minimum absolute atomic E-state index is 0.0517. The minimum Gasteiger partial charge on any atom is -0.495 e. The fraction of sp³-hybridized carbons (Fsp3) is 0.0870. The van der Waals surface area contributed by atoms with Gasteiger partial charge in [-0.25, -0.2) is 4.79 Å².